The molecule has 7 aromatic carbocycles. The number of nitrogens with zero attached hydrogens (tertiary/aromatic N) is 5. The molecule has 5 heterocycles. The van der Waals surface area contributed by atoms with Gasteiger partial charge in [-0.1, -0.05) is 109 Å². The van der Waals surface area contributed by atoms with E-state index in [1.807, 2.05) is 30.3 Å². The summed E-state index contributed by atoms with van der Waals surface area (Å²) in [4.78, 5) is 20.5. The molecule has 0 bridgehead atoms. The highest BCUT2D eigenvalue weighted by molar-refractivity contribution is 7.26. The third-order valence-corrected chi connectivity index (χ3v) is 12.2. The lowest BCUT2D eigenvalue weighted by Crippen LogP contribution is -2.06. The largest absolute Gasteiger partial charge is 0.454 e. The fourth-order valence-electron chi connectivity index (χ4n) is 8.23. The SMILES string of the molecule is c1ccc(-c2ccc(-c3ccc4c(c3)c3ccccc3n4-c3nc(-c4ccc5oc6cccnc6c5c4)nc(-c4cccc5c4sc4ccccc45)n3)cc2)cc1. The van der Waals surface area contributed by atoms with Crippen molar-refractivity contribution in [3.05, 3.63) is 176 Å². The highest BCUT2D eigenvalue weighted by Crippen LogP contribution is 2.41. The number of furan rings is 1. The summed E-state index contributed by atoms with van der Waals surface area (Å²) in [5.41, 5.74) is 10.9. The highest BCUT2D eigenvalue weighted by atomic mass is 32.1. The molecule has 0 unspecified atom stereocenters. The van der Waals surface area contributed by atoms with Crippen molar-refractivity contribution in [2.45, 2.75) is 0 Å². The van der Waals surface area contributed by atoms with Gasteiger partial charge in [-0.2, -0.15) is 9.97 Å². The molecule has 0 aliphatic rings. The molecule has 12 aromatic rings. The fourth-order valence-corrected chi connectivity index (χ4v) is 9.44. The van der Waals surface area contributed by atoms with Crippen molar-refractivity contribution in [3.63, 3.8) is 0 Å². The molecule has 6 nitrogen and oxygen atoms in total. The minimum Gasteiger partial charge on any atom is -0.454 e. The van der Waals surface area contributed by atoms with E-state index in [9.17, 15) is 0 Å². The second-order valence-electron chi connectivity index (χ2n) is 14.3. The summed E-state index contributed by atoms with van der Waals surface area (Å²) in [6, 6.07) is 59.4. The molecule has 12 rings (SSSR count). The van der Waals surface area contributed by atoms with Crippen LogP contribution in [0.3, 0.4) is 0 Å². The number of aromatic nitrogens is 5. The van der Waals surface area contributed by atoms with Gasteiger partial charge in [0.15, 0.2) is 17.2 Å². The normalized spacial score (nSPS) is 11.9. The van der Waals surface area contributed by atoms with Crippen molar-refractivity contribution in [2.75, 3.05) is 0 Å². The maximum Gasteiger partial charge on any atom is 0.238 e. The smallest absolute Gasteiger partial charge is 0.238 e. The Morgan fingerprint density at radius 3 is 2.02 bits per heavy atom. The predicted molar refractivity (Wildman–Crippen MR) is 234 cm³/mol. The monoisotopic (exact) mass is 747 g/mol. The lowest BCUT2D eigenvalue weighted by Gasteiger charge is -2.12. The topological polar surface area (TPSA) is 69.6 Å². The van der Waals surface area contributed by atoms with Gasteiger partial charge in [0, 0.05) is 53.7 Å². The van der Waals surface area contributed by atoms with Crippen LogP contribution in [0.25, 0.3) is 115 Å². The summed E-state index contributed by atoms with van der Waals surface area (Å²) in [5.74, 6) is 1.74. The van der Waals surface area contributed by atoms with Crippen LogP contribution < -0.4 is 0 Å². The first-order valence-electron chi connectivity index (χ1n) is 18.9. The van der Waals surface area contributed by atoms with Gasteiger partial charge in [-0.05, 0) is 82.9 Å². The van der Waals surface area contributed by atoms with Gasteiger partial charge in [0.1, 0.15) is 11.1 Å². The Balaban J connectivity index is 1.08. The number of rotatable bonds is 5. The second-order valence-corrected chi connectivity index (χ2v) is 15.3. The van der Waals surface area contributed by atoms with Crippen molar-refractivity contribution in [1.82, 2.24) is 24.5 Å². The van der Waals surface area contributed by atoms with Crippen LogP contribution in [-0.2, 0) is 0 Å². The Kier molecular flexibility index (Phi) is 7.00. The van der Waals surface area contributed by atoms with E-state index in [0.29, 0.717) is 17.6 Å². The van der Waals surface area contributed by atoms with Crippen molar-refractivity contribution in [1.29, 1.82) is 0 Å². The van der Waals surface area contributed by atoms with E-state index >= 15 is 0 Å². The number of hydrogen-bond acceptors (Lipinski definition) is 6. The molecule has 0 amide bonds. The molecule has 0 aliphatic carbocycles. The minimum absolute atomic E-state index is 0.551. The third-order valence-electron chi connectivity index (χ3n) is 11.0. The van der Waals surface area contributed by atoms with Crippen molar-refractivity contribution >= 4 is 75.4 Å². The number of thiophene rings is 1. The zero-order valence-corrected chi connectivity index (χ0v) is 31.1. The Hall–Kier alpha value is -7.48. The molecule has 0 N–H and O–H groups in total. The first-order chi connectivity index (χ1) is 28.2. The number of benzene rings is 7. The molecule has 266 valence electrons. The van der Waals surface area contributed by atoms with E-state index in [2.05, 4.69) is 149 Å². The maximum atomic E-state index is 6.14. The minimum atomic E-state index is 0.551. The van der Waals surface area contributed by atoms with Crippen molar-refractivity contribution in [3.8, 4) is 51.0 Å². The van der Waals surface area contributed by atoms with E-state index in [4.69, 9.17) is 19.4 Å². The summed E-state index contributed by atoms with van der Waals surface area (Å²) in [6.45, 7) is 0. The standard InChI is InChI=1S/C50H29N5OS/c1-2-10-30(11-3-1)31-19-21-32(22-20-31)33-23-25-42-39(28-33)35-12-4-6-16-41(35)55(42)50-53-48(34-24-26-43-40(29-34)46-44(56-43)17-9-27-51-46)52-49(54-50)38-15-8-14-37-36-13-5-7-18-45(36)57-47(37)38/h1-29H. The molecule has 0 fully saturated rings. The Morgan fingerprint density at radius 1 is 0.439 bits per heavy atom. The molecule has 0 spiro atoms. The van der Waals surface area contributed by atoms with E-state index in [0.717, 1.165) is 70.8 Å². The maximum absolute atomic E-state index is 6.14. The molecule has 0 aliphatic heterocycles. The molecule has 57 heavy (non-hydrogen) atoms. The number of para-hydroxylation sites is 1. The zero-order chi connectivity index (χ0) is 37.5. The van der Waals surface area contributed by atoms with Crippen molar-refractivity contribution < 1.29 is 4.42 Å². The van der Waals surface area contributed by atoms with Crippen LogP contribution in [0.5, 0.6) is 0 Å². The van der Waals surface area contributed by atoms with Gasteiger partial charge in [0.25, 0.3) is 0 Å². The van der Waals surface area contributed by atoms with Gasteiger partial charge in [-0.3, -0.25) is 9.55 Å². The number of pyridine rings is 1. The molecule has 5 aromatic heterocycles. The average Bonchev–Trinajstić information content (AvgIpc) is 3.96. The second kappa shape index (κ2) is 12.5. The fraction of sp³-hybridized carbons (Fsp3) is 0. The summed E-state index contributed by atoms with van der Waals surface area (Å²) in [5, 5.41) is 5.59. The lowest BCUT2D eigenvalue weighted by molar-refractivity contribution is 0.668. The third kappa shape index (κ3) is 5.10. The van der Waals surface area contributed by atoms with Gasteiger partial charge in [0.2, 0.25) is 5.95 Å². The van der Waals surface area contributed by atoms with E-state index in [1.165, 1.54) is 26.6 Å². The molecule has 0 atom stereocenters. The average molecular weight is 748 g/mol. The Labute approximate surface area is 330 Å². The molecule has 7 heteroatoms. The van der Waals surface area contributed by atoms with Crippen LogP contribution in [-0.4, -0.2) is 24.5 Å². The van der Waals surface area contributed by atoms with Crippen LogP contribution >= 0.6 is 11.3 Å². The van der Waals surface area contributed by atoms with Gasteiger partial charge in [-0.25, -0.2) is 4.98 Å². The summed E-state index contributed by atoms with van der Waals surface area (Å²) in [7, 11) is 0. The zero-order valence-electron chi connectivity index (χ0n) is 30.3. The Morgan fingerprint density at radius 2 is 1.12 bits per heavy atom. The van der Waals surface area contributed by atoms with Crippen LogP contribution in [0.15, 0.2) is 180 Å². The first-order valence-corrected chi connectivity index (χ1v) is 19.7. The van der Waals surface area contributed by atoms with Gasteiger partial charge < -0.3 is 4.42 Å². The van der Waals surface area contributed by atoms with Gasteiger partial charge in [0.05, 0.1) is 11.0 Å². The van der Waals surface area contributed by atoms with Crippen LogP contribution in [0.2, 0.25) is 0 Å². The Bertz CT molecular complexity index is 3530. The van der Waals surface area contributed by atoms with E-state index < -0.39 is 0 Å². The van der Waals surface area contributed by atoms with Crippen molar-refractivity contribution in [2.24, 2.45) is 0 Å². The number of fused-ring (bicyclic) bond motifs is 9. The highest BCUT2D eigenvalue weighted by Gasteiger charge is 2.21. The lowest BCUT2D eigenvalue weighted by atomic mass is 9.99. The molecule has 0 saturated carbocycles. The first kappa shape index (κ1) is 31.8. The summed E-state index contributed by atoms with van der Waals surface area (Å²) >= 11 is 1.77. The van der Waals surface area contributed by atoms with Crippen LogP contribution in [0, 0.1) is 0 Å². The van der Waals surface area contributed by atoms with Gasteiger partial charge in [-0.15, -0.1) is 11.3 Å². The molecule has 0 radical (unpaired) electrons. The quantitative estimate of drug-likeness (QED) is 0.175. The summed E-state index contributed by atoms with van der Waals surface area (Å²) < 4.78 is 10.7. The summed E-state index contributed by atoms with van der Waals surface area (Å²) in [6.07, 6.45) is 1.79. The predicted octanol–water partition coefficient (Wildman–Crippen LogP) is 13.3. The molecule has 0 saturated heterocycles. The number of hydrogen-bond donors (Lipinski definition) is 0. The molecular formula is C50H29N5OS. The van der Waals surface area contributed by atoms with Crippen LogP contribution in [0.1, 0.15) is 0 Å². The van der Waals surface area contributed by atoms with E-state index in [1.54, 1.807) is 17.5 Å². The molecular weight excluding hydrogens is 719 g/mol. The van der Waals surface area contributed by atoms with Crippen LogP contribution in [0.4, 0.5) is 0 Å². The van der Waals surface area contributed by atoms with Gasteiger partial charge >= 0.3 is 0 Å². The van der Waals surface area contributed by atoms with E-state index in [-0.39, 0.29) is 0 Å².